The zero-order valence-electron chi connectivity index (χ0n) is 12.4. The minimum absolute atomic E-state index is 0.0141. The van der Waals surface area contributed by atoms with Crippen molar-refractivity contribution in [3.05, 3.63) is 0 Å². The highest BCUT2D eigenvalue weighted by molar-refractivity contribution is 7.91. The van der Waals surface area contributed by atoms with Gasteiger partial charge in [-0.1, -0.05) is 13.8 Å². The van der Waals surface area contributed by atoms with Gasteiger partial charge in [-0.15, -0.1) is 0 Å². The van der Waals surface area contributed by atoms with Gasteiger partial charge in [0.15, 0.2) is 9.84 Å². The third-order valence-corrected chi connectivity index (χ3v) is 5.09. The Kier molecular flexibility index (Phi) is 5.98. The van der Waals surface area contributed by atoms with E-state index in [2.05, 4.69) is 5.32 Å². The topological polar surface area (TPSA) is 83.6 Å². The van der Waals surface area contributed by atoms with E-state index in [1.165, 1.54) is 11.8 Å². The van der Waals surface area contributed by atoms with Gasteiger partial charge < -0.3 is 10.2 Å². The third kappa shape index (κ3) is 5.48. The van der Waals surface area contributed by atoms with Gasteiger partial charge in [0.05, 0.1) is 11.5 Å². The van der Waals surface area contributed by atoms with Crippen LogP contribution in [-0.4, -0.2) is 55.8 Å². The molecular formula is C13H24N2O4S. The predicted octanol–water partition coefficient (Wildman–Crippen LogP) is 0.184. The molecule has 0 spiro atoms. The zero-order valence-corrected chi connectivity index (χ0v) is 13.2. The minimum Gasteiger partial charge on any atom is -0.356 e. The number of hydrogen-bond acceptors (Lipinski definition) is 4. The van der Waals surface area contributed by atoms with E-state index in [1.54, 1.807) is 0 Å². The van der Waals surface area contributed by atoms with Crippen LogP contribution in [0.5, 0.6) is 0 Å². The highest BCUT2D eigenvalue weighted by atomic mass is 32.2. The van der Waals surface area contributed by atoms with Crippen LogP contribution < -0.4 is 5.32 Å². The molecule has 1 rings (SSSR count). The van der Waals surface area contributed by atoms with Crippen LogP contribution in [0, 0.1) is 5.92 Å². The summed E-state index contributed by atoms with van der Waals surface area (Å²) < 4.78 is 22.9. The molecule has 7 heteroatoms. The molecule has 1 saturated heterocycles. The van der Waals surface area contributed by atoms with Gasteiger partial charge >= 0.3 is 0 Å². The van der Waals surface area contributed by atoms with Gasteiger partial charge in [0.2, 0.25) is 11.8 Å². The van der Waals surface area contributed by atoms with Crippen molar-refractivity contribution in [2.45, 2.75) is 39.7 Å². The number of carbonyl (C=O) groups excluding carboxylic acids is 2. The van der Waals surface area contributed by atoms with Crippen molar-refractivity contribution >= 4 is 21.7 Å². The maximum atomic E-state index is 11.6. The van der Waals surface area contributed by atoms with E-state index >= 15 is 0 Å². The van der Waals surface area contributed by atoms with E-state index in [0.717, 1.165) is 0 Å². The molecule has 1 aliphatic heterocycles. The molecule has 0 aromatic carbocycles. The van der Waals surface area contributed by atoms with Crippen molar-refractivity contribution < 1.29 is 18.0 Å². The molecule has 1 atom stereocenters. The number of amides is 2. The summed E-state index contributed by atoms with van der Waals surface area (Å²) in [4.78, 5) is 24.8. The molecule has 0 saturated carbocycles. The van der Waals surface area contributed by atoms with Gasteiger partial charge in [-0.05, 0) is 12.3 Å². The molecule has 116 valence electrons. The number of hydrogen-bond donors (Lipinski definition) is 1. The highest BCUT2D eigenvalue weighted by Crippen LogP contribution is 2.18. The minimum atomic E-state index is -3.03. The van der Waals surface area contributed by atoms with E-state index in [-0.39, 0.29) is 42.3 Å². The van der Waals surface area contributed by atoms with Gasteiger partial charge in [0.25, 0.3) is 0 Å². The summed E-state index contributed by atoms with van der Waals surface area (Å²) in [6.45, 7) is 6.31. The second kappa shape index (κ2) is 7.06. The van der Waals surface area contributed by atoms with Crippen LogP contribution in [0.2, 0.25) is 0 Å². The first-order valence-corrected chi connectivity index (χ1v) is 8.77. The predicted molar refractivity (Wildman–Crippen MR) is 76.9 cm³/mol. The van der Waals surface area contributed by atoms with Crippen LogP contribution in [0.1, 0.15) is 33.6 Å². The van der Waals surface area contributed by atoms with Crippen LogP contribution in [0.25, 0.3) is 0 Å². The molecule has 1 N–H and O–H groups in total. The van der Waals surface area contributed by atoms with Gasteiger partial charge in [0, 0.05) is 32.5 Å². The average Bonchev–Trinajstić information content (AvgIpc) is 2.66. The smallest absolute Gasteiger partial charge is 0.221 e. The van der Waals surface area contributed by atoms with E-state index in [4.69, 9.17) is 0 Å². The van der Waals surface area contributed by atoms with Crippen LogP contribution in [0.4, 0.5) is 0 Å². The first kappa shape index (κ1) is 16.9. The summed E-state index contributed by atoms with van der Waals surface area (Å²) in [5.74, 6) is 0.235. The monoisotopic (exact) mass is 304 g/mol. The molecule has 20 heavy (non-hydrogen) atoms. The van der Waals surface area contributed by atoms with Gasteiger partial charge in [-0.2, -0.15) is 0 Å². The standard InChI is InChI=1S/C13H24N2O4S/c1-10(2)8-14-13(17)4-6-15(11(3)16)12-5-7-20(18,19)9-12/h10,12H,4-9H2,1-3H3,(H,14,17). The number of carbonyl (C=O) groups is 2. The molecule has 2 amide bonds. The Bertz CT molecular complexity index is 459. The largest absolute Gasteiger partial charge is 0.356 e. The lowest BCUT2D eigenvalue weighted by Gasteiger charge is -2.26. The highest BCUT2D eigenvalue weighted by Gasteiger charge is 2.33. The number of rotatable bonds is 6. The summed E-state index contributed by atoms with van der Waals surface area (Å²) in [5.41, 5.74) is 0. The van der Waals surface area contributed by atoms with Crippen molar-refractivity contribution in [2.75, 3.05) is 24.6 Å². The quantitative estimate of drug-likeness (QED) is 0.759. The number of nitrogens with one attached hydrogen (secondary N) is 1. The van der Waals surface area contributed by atoms with Gasteiger partial charge in [0.1, 0.15) is 0 Å². The van der Waals surface area contributed by atoms with Crippen LogP contribution >= 0.6 is 0 Å². The Morgan fingerprint density at radius 2 is 2.00 bits per heavy atom. The third-order valence-electron chi connectivity index (χ3n) is 3.34. The molecule has 0 aromatic rings. The molecule has 0 radical (unpaired) electrons. The van der Waals surface area contributed by atoms with Crippen molar-refractivity contribution in [1.82, 2.24) is 10.2 Å². The maximum absolute atomic E-state index is 11.6. The first-order chi connectivity index (χ1) is 9.21. The van der Waals surface area contributed by atoms with Crippen LogP contribution in [-0.2, 0) is 19.4 Å². The fourth-order valence-electron chi connectivity index (χ4n) is 2.25. The lowest BCUT2D eigenvalue weighted by Crippen LogP contribution is -2.42. The van der Waals surface area contributed by atoms with Crippen molar-refractivity contribution in [3.63, 3.8) is 0 Å². The number of nitrogens with zero attached hydrogens (tertiary/aromatic N) is 1. The lowest BCUT2D eigenvalue weighted by molar-refractivity contribution is -0.131. The first-order valence-electron chi connectivity index (χ1n) is 6.95. The summed E-state index contributed by atoms with van der Waals surface area (Å²) in [6, 6.07) is -0.282. The van der Waals surface area contributed by atoms with E-state index in [9.17, 15) is 18.0 Å². The Morgan fingerprint density at radius 3 is 2.45 bits per heavy atom. The van der Waals surface area contributed by atoms with Crippen molar-refractivity contribution in [2.24, 2.45) is 5.92 Å². The molecule has 6 nitrogen and oxygen atoms in total. The number of sulfone groups is 1. The van der Waals surface area contributed by atoms with E-state index in [0.29, 0.717) is 18.9 Å². The van der Waals surface area contributed by atoms with Gasteiger partial charge in [-0.3, -0.25) is 9.59 Å². The van der Waals surface area contributed by atoms with Crippen molar-refractivity contribution in [1.29, 1.82) is 0 Å². The Hall–Kier alpha value is -1.11. The zero-order chi connectivity index (χ0) is 15.3. The van der Waals surface area contributed by atoms with Crippen LogP contribution in [0.3, 0.4) is 0 Å². The Morgan fingerprint density at radius 1 is 1.35 bits per heavy atom. The van der Waals surface area contributed by atoms with Gasteiger partial charge in [-0.25, -0.2) is 8.42 Å². The van der Waals surface area contributed by atoms with Crippen molar-refractivity contribution in [3.8, 4) is 0 Å². The summed E-state index contributed by atoms with van der Waals surface area (Å²) in [6.07, 6.45) is 0.679. The SMILES string of the molecule is CC(=O)N(CCC(=O)NCC(C)C)C1CCS(=O)(=O)C1. The van der Waals surface area contributed by atoms with E-state index in [1.807, 2.05) is 13.8 Å². The molecule has 1 heterocycles. The molecular weight excluding hydrogens is 280 g/mol. The average molecular weight is 304 g/mol. The molecule has 1 unspecified atom stereocenters. The second-order valence-electron chi connectivity index (χ2n) is 5.72. The maximum Gasteiger partial charge on any atom is 0.221 e. The summed E-state index contributed by atoms with van der Waals surface area (Å²) in [5, 5.41) is 2.79. The summed E-state index contributed by atoms with van der Waals surface area (Å²) in [7, 11) is -3.03. The van der Waals surface area contributed by atoms with Crippen LogP contribution in [0.15, 0.2) is 0 Å². The fraction of sp³-hybridized carbons (Fsp3) is 0.846. The second-order valence-corrected chi connectivity index (χ2v) is 7.95. The molecule has 0 bridgehead atoms. The van der Waals surface area contributed by atoms with E-state index < -0.39 is 9.84 Å². The normalized spacial score (nSPS) is 20.9. The molecule has 1 fully saturated rings. The Balaban J connectivity index is 2.48. The molecule has 0 aliphatic carbocycles. The lowest BCUT2D eigenvalue weighted by atomic mass is 10.2. The molecule has 1 aliphatic rings. The Labute approximate surface area is 120 Å². The fourth-order valence-corrected chi connectivity index (χ4v) is 3.98. The molecule has 0 aromatic heterocycles. The summed E-state index contributed by atoms with van der Waals surface area (Å²) >= 11 is 0.